The zero-order valence-electron chi connectivity index (χ0n) is 20.1. The van der Waals surface area contributed by atoms with Crippen LogP contribution in [0.1, 0.15) is 46.9 Å². The predicted molar refractivity (Wildman–Crippen MR) is 133 cm³/mol. The first-order chi connectivity index (χ1) is 16.4. The van der Waals surface area contributed by atoms with Crippen LogP contribution in [0.15, 0.2) is 47.8 Å². The molecule has 0 saturated heterocycles. The molecule has 182 valence electrons. The molecule has 0 aliphatic heterocycles. The Hall–Kier alpha value is -2.97. The molecule has 0 aliphatic rings. The highest BCUT2D eigenvalue weighted by atomic mass is 32.1. The van der Waals surface area contributed by atoms with E-state index in [0.717, 1.165) is 34.1 Å². The molecule has 0 saturated carbocycles. The van der Waals surface area contributed by atoms with Gasteiger partial charge in [-0.3, -0.25) is 9.69 Å². The number of carbonyl (C=O) groups is 1. The summed E-state index contributed by atoms with van der Waals surface area (Å²) in [4.78, 5) is 19.2. The number of thiazole rings is 1. The summed E-state index contributed by atoms with van der Waals surface area (Å²) in [6, 6.07) is 12.2. The molecule has 8 heteroatoms. The number of hydrogen-bond donors (Lipinski definition) is 1. The van der Waals surface area contributed by atoms with Crippen LogP contribution in [0.4, 0.5) is 4.39 Å². The number of rotatable bonds is 12. The zero-order valence-corrected chi connectivity index (χ0v) is 21.0. The third-order valence-electron chi connectivity index (χ3n) is 5.36. The Labute approximate surface area is 204 Å². The average Bonchev–Trinajstić information content (AvgIpc) is 3.29. The maximum Gasteiger partial charge on any atom is 0.270 e. The van der Waals surface area contributed by atoms with E-state index in [2.05, 4.69) is 29.0 Å². The molecule has 0 spiro atoms. The fourth-order valence-corrected chi connectivity index (χ4v) is 4.30. The quantitative estimate of drug-likeness (QED) is 0.378. The largest absolute Gasteiger partial charge is 0.497 e. The maximum atomic E-state index is 13.4. The summed E-state index contributed by atoms with van der Waals surface area (Å²) in [6.07, 6.45) is 0.928. The Morgan fingerprint density at radius 1 is 1.09 bits per heavy atom. The van der Waals surface area contributed by atoms with Crippen LogP contribution in [0.2, 0.25) is 0 Å². The van der Waals surface area contributed by atoms with Gasteiger partial charge in [0.15, 0.2) is 0 Å². The predicted octanol–water partition coefficient (Wildman–Crippen LogP) is 5.28. The van der Waals surface area contributed by atoms with Crippen molar-refractivity contribution in [2.24, 2.45) is 5.92 Å². The van der Waals surface area contributed by atoms with E-state index >= 15 is 0 Å². The van der Waals surface area contributed by atoms with E-state index in [0.29, 0.717) is 37.8 Å². The first-order valence-electron chi connectivity index (χ1n) is 11.3. The van der Waals surface area contributed by atoms with Gasteiger partial charge in [0, 0.05) is 36.6 Å². The molecule has 1 N–H and O–H groups in total. The summed E-state index contributed by atoms with van der Waals surface area (Å²) >= 11 is 1.46. The molecule has 1 amide bonds. The summed E-state index contributed by atoms with van der Waals surface area (Å²) in [6.45, 7) is 6.60. The Balaban J connectivity index is 1.76. The lowest BCUT2D eigenvalue weighted by Crippen LogP contribution is -2.26. The van der Waals surface area contributed by atoms with Crippen molar-refractivity contribution in [2.45, 2.75) is 39.9 Å². The number of amides is 1. The van der Waals surface area contributed by atoms with Crippen molar-refractivity contribution in [2.75, 3.05) is 20.8 Å². The summed E-state index contributed by atoms with van der Waals surface area (Å²) in [7, 11) is 3.25. The number of nitrogens with zero attached hydrogens (tertiary/aromatic N) is 2. The normalized spacial score (nSPS) is 11.1. The molecule has 0 aliphatic carbocycles. The third kappa shape index (κ3) is 7.53. The van der Waals surface area contributed by atoms with E-state index in [1.807, 2.05) is 18.2 Å². The Morgan fingerprint density at radius 3 is 2.53 bits per heavy atom. The van der Waals surface area contributed by atoms with Crippen LogP contribution >= 0.6 is 11.3 Å². The van der Waals surface area contributed by atoms with E-state index in [-0.39, 0.29) is 11.7 Å². The van der Waals surface area contributed by atoms with Gasteiger partial charge >= 0.3 is 0 Å². The lowest BCUT2D eigenvalue weighted by atomic mass is 10.1. The van der Waals surface area contributed by atoms with Crippen LogP contribution in [0, 0.1) is 11.7 Å². The van der Waals surface area contributed by atoms with Crippen molar-refractivity contribution in [1.82, 2.24) is 15.2 Å². The number of ether oxygens (including phenoxy) is 2. The fraction of sp³-hybridized carbons (Fsp3) is 0.385. The molecule has 6 nitrogen and oxygen atoms in total. The number of aromatic nitrogens is 1. The van der Waals surface area contributed by atoms with E-state index in [4.69, 9.17) is 9.47 Å². The second-order valence-corrected chi connectivity index (χ2v) is 9.46. The molecule has 0 radical (unpaired) electrons. The van der Waals surface area contributed by atoms with Crippen molar-refractivity contribution in [1.29, 1.82) is 0 Å². The molecular formula is C26H32FN3O3S. The molecule has 0 bridgehead atoms. The summed E-state index contributed by atoms with van der Waals surface area (Å²) in [5, 5.41) is 5.57. The van der Waals surface area contributed by atoms with Gasteiger partial charge in [-0.25, -0.2) is 9.37 Å². The minimum atomic E-state index is -0.264. The van der Waals surface area contributed by atoms with Crippen molar-refractivity contribution in [3.05, 3.63) is 75.5 Å². The second-order valence-electron chi connectivity index (χ2n) is 8.51. The van der Waals surface area contributed by atoms with Crippen LogP contribution in [0.25, 0.3) is 0 Å². The molecule has 0 fully saturated rings. The Kier molecular flexibility index (Phi) is 9.42. The molecule has 1 aromatic heterocycles. The summed E-state index contributed by atoms with van der Waals surface area (Å²) in [5.41, 5.74) is 2.42. The number of halogens is 1. The SMILES string of the molecule is COc1ccc(CN(Cc2ccc(F)cc2)Cc2nc(C(=O)NCCC(C)C)cs2)c(OC)c1. The van der Waals surface area contributed by atoms with Gasteiger partial charge in [-0.1, -0.05) is 32.0 Å². The number of hydrogen-bond acceptors (Lipinski definition) is 6. The van der Waals surface area contributed by atoms with Crippen LogP contribution in [0.5, 0.6) is 11.5 Å². The van der Waals surface area contributed by atoms with Gasteiger partial charge in [0.2, 0.25) is 0 Å². The zero-order chi connectivity index (χ0) is 24.5. The highest BCUT2D eigenvalue weighted by Crippen LogP contribution is 2.27. The lowest BCUT2D eigenvalue weighted by molar-refractivity contribution is 0.0947. The third-order valence-corrected chi connectivity index (χ3v) is 6.19. The second kappa shape index (κ2) is 12.5. The standard InChI is InChI=1S/C26H32FN3O3S/c1-18(2)11-12-28-26(31)23-17-34-25(29-23)16-30(14-19-5-8-21(27)9-6-19)15-20-7-10-22(32-3)13-24(20)33-4/h5-10,13,17-18H,11-12,14-16H2,1-4H3,(H,28,31). The minimum absolute atomic E-state index is 0.148. The molecule has 34 heavy (non-hydrogen) atoms. The van der Waals surface area contributed by atoms with Gasteiger partial charge in [-0.15, -0.1) is 11.3 Å². The topological polar surface area (TPSA) is 63.7 Å². The summed E-state index contributed by atoms with van der Waals surface area (Å²) < 4.78 is 24.3. The highest BCUT2D eigenvalue weighted by molar-refractivity contribution is 7.09. The Morgan fingerprint density at radius 2 is 1.85 bits per heavy atom. The number of methoxy groups -OCH3 is 2. The maximum absolute atomic E-state index is 13.4. The van der Waals surface area contributed by atoms with Crippen molar-refractivity contribution >= 4 is 17.2 Å². The smallest absolute Gasteiger partial charge is 0.270 e. The van der Waals surface area contributed by atoms with E-state index in [1.54, 1.807) is 31.7 Å². The van der Waals surface area contributed by atoms with Crippen LogP contribution in [-0.4, -0.2) is 36.6 Å². The van der Waals surface area contributed by atoms with Gasteiger partial charge in [0.05, 0.1) is 20.8 Å². The monoisotopic (exact) mass is 485 g/mol. The van der Waals surface area contributed by atoms with E-state index < -0.39 is 0 Å². The van der Waals surface area contributed by atoms with Crippen LogP contribution < -0.4 is 14.8 Å². The van der Waals surface area contributed by atoms with Gasteiger partial charge in [0.25, 0.3) is 5.91 Å². The van der Waals surface area contributed by atoms with Crippen molar-refractivity contribution < 1.29 is 18.7 Å². The average molecular weight is 486 g/mol. The molecule has 2 aromatic carbocycles. The van der Waals surface area contributed by atoms with Gasteiger partial charge in [0.1, 0.15) is 28.0 Å². The fourth-order valence-electron chi connectivity index (χ4n) is 3.48. The molecule has 3 rings (SSSR count). The highest BCUT2D eigenvalue weighted by Gasteiger charge is 2.16. The lowest BCUT2D eigenvalue weighted by Gasteiger charge is -2.23. The molecule has 3 aromatic rings. The van der Waals surface area contributed by atoms with Gasteiger partial charge in [-0.05, 0) is 36.1 Å². The van der Waals surface area contributed by atoms with Crippen LogP contribution in [-0.2, 0) is 19.6 Å². The van der Waals surface area contributed by atoms with Crippen LogP contribution in [0.3, 0.4) is 0 Å². The minimum Gasteiger partial charge on any atom is -0.497 e. The molecule has 1 heterocycles. The Bertz CT molecular complexity index is 1070. The first kappa shape index (κ1) is 25.6. The van der Waals surface area contributed by atoms with E-state index in [1.165, 1.54) is 23.5 Å². The number of carbonyl (C=O) groups excluding carboxylic acids is 1. The van der Waals surface area contributed by atoms with E-state index in [9.17, 15) is 9.18 Å². The summed E-state index contributed by atoms with van der Waals surface area (Å²) in [5.74, 6) is 1.57. The molecular weight excluding hydrogens is 453 g/mol. The first-order valence-corrected chi connectivity index (χ1v) is 12.2. The molecule has 0 unspecified atom stereocenters. The van der Waals surface area contributed by atoms with Gasteiger partial charge in [-0.2, -0.15) is 0 Å². The number of nitrogens with one attached hydrogen (secondary N) is 1. The van der Waals surface area contributed by atoms with Crippen molar-refractivity contribution in [3.63, 3.8) is 0 Å². The van der Waals surface area contributed by atoms with Crippen molar-refractivity contribution in [3.8, 4) is 11.5 Å². The van der Waals surface area contributed by atoms with Gasteiger partial charge < -0.3 is 14.8 Å². The number of benzene rings is 2. The molecule has 0 atom stereocenters.